The van der Waals surface area contributed by atoms with E-state index in [1.54, 1.807) is 29.1 Å². The van der Waals surface area contributed by atoms with E-state index in [-0.39, 0.29) is 22.5 Å². The van der Waals surface area contributed by atoms with E-state index in [0.29, 0.717) is 12.2 Å². The van der Waals surface area contributed by atoms with Crippen molar-refractivity contribution < 1.29 is 9.90 Å². The fourth-order valence-electron chi connectivity index (χ4n) is 2.04. The first kappa shape index (κ1) is 13.6. The fourth-order valence-corrected chi connectivity index (χ4v) is 2.04. The van der Waals surface area contributed by atoms with Gasteiger partial charge in [-0.25, -0.2) is 0 Å². The lowest BCUT2D eigenvalue weighted by molar-refractivity contribution is -0.111. The molecule has 0 bridgehead atoms. The van der Waals surface area contributed by atoms with Gasteiger partial charge in [0.1, 0.15) is 23.5 Å². The molecule has 1 heterocycles. The van der Waals surface area contributed by atoms with E-state index in [4.69, 9.17) is 10.5 Å². The van der Waals surface area contributed by atoms with Crippen molar-refractivity contribution in [3.8, 4) is 12.1 Å². The fraction of sp³-hybridized carbons (Fsp3) is 0.286. The molecular weight excluding hydrogens is 256 g/mol. The average molecular weight is 268 g/mol. The summed E-state index contributed by atoms with van der Waals surface area (Å²) in [5.41, 5.74) is 0.0700. The lowest BCUT2D eigenvalue weighted by atomic mass is 9.83. The van der Waals surface area contributed by atoms with Gasteiger partial charge in [0.05, 0.1) is 16.8 Å². The molecule has 0 aromatic carbocycles. The summed E-state index contributed by atoms with van der Waals surface area (Å²) in [6, 6.07) is 4.85. The van der Waals surface area contributed by atoms with Crippen LogP contribution >= 0.6 is 0 Å². The maximum Gasteiger partial charge on any atom is 0.204 e. The number of aryl methyl sites for hydroxylation is 1. The summed E-state index contributed by atoms with van der Waals surface area (Å²) in [6.07, 6.45) is 3.44. The molecule has 1 aliphatic carbocycles. The Morgan fingerprint density at radius 3 is 2.70 bits per heavy atom. The maximum atomic E-state index is 12.0. The van der Waals surface area contributed by atoms with Crippen LogP contribution in [-0.2, 0) is 11.3 Å². The molecule has 0 fully saturated rings. The zero-order valence-corrected chi connectivity index (χ0v) is 10.9. The Labute approximate surface area is 115 Å². The maximum absolute atomic E-state index is 12.0. The van der Waals surface area contributed by atoms with Gasteiger partial charge in [0.2, 0.25) is 5.78 Å². The lowest BCUT2D eigenvalue weighted by Gasteiger charge is -2.21. The molecule has 1 N–H and O–H groups in total. The van der Waals surface area contributed by atoms with Crippen molar-refractivity contribution in [3.05, 3.63) is 34.9 Å². The highest BCUT2D eigenvalue weighted by atomic mass is 16.3. The minimum absolute atomic E-state index is 0.122. The Morgan fingerprint density at radius 2 is 2.15 bits per heavy atom. The molecule has 0 radical (unpaired) electrons. The van der Waals surface area contributed by atoms with Crippen LogP contribution in [-0.4, -0.2) is 20.7 Å². The van der Waals surface area contributed by atoms with E-state index >= 15 is 0 Å². The number of Topliss-reactive ketones (excluding diaryl/α,β-unsaturated/α-hetero) is 1. The number of hydrogen-bond acceptors (Lipinski definition) is 5. The van der Waals surface area contributed by atoms with Gasteiger partial charge in [-0.05, 0) is 12.5 Å². The van der Waals surface area contributed by atoms with Crippen molar-refractivity contribution in [1.29, 1.82) is 10.5 Å². The van der Waals surface area contributed by atoms with Crippen molar-refractivity contribution in [2.75, 3.05) is 0 Å². The van der Waals surface area contributed by atoms with E-state index in [1.165, 1.54) is 0 Å². The minimum atomic E-state index is -0.487. The van der Waals surface area contributed by atoms with Gasteiger partial charge < -0.3 is 5.11 Å². The highest BCUT2D eigenvalue weighted by Crippen LogP contribution is 2.37. The van der Waals surface area contributed by atoms with Crippen LogP contribution in [0.3, 0.4) is 0 Å². The van der Waals surface area contributed by atoms with Crippen molar-refractivity contribution >= 4 is 11.4 Å². The van der Waals surface area contributed by atoms with Gasteiger partial charge in [-0.1, -0.05) is 13.3 Å². The molecule has 0 unspecified atom stereocenters. The Hall–Kier alpha value is -2.86. The molecule has 6 nitrogen and oxygen atoms in total. The zero-order valence-electron chi connectivity index (χ0n) is 10.9. The molecule has 0 spiro atoms. The van der Waals surface area contributed by atoms with E-state index in [2.05, 4.69) is 5.10 Å². The first-order valence-corrected chi connectivity index (χ1v) is 6.20. The van der Waals surface area contributed by atoms with Crippen LogP contribution in [0.25, 0.3) is 5.57 Å². The zero-order chi connectivity index (χ0) is 14.7. The molecular formula is C14H12N4O2. The number of aliphatic hydroxyl groups is 1. The normalized spacial score (nSPS) is 13.8. The number of ketones is 1. The summed E-state index contributed by atoms with van der Waals surface area (Å²) < 4.78 is 1.64. The summed E-state index contributed by atoms with van der Waals surface area (Å²) in [6.45, 7) is 2.69. The predicted molar refractivity (Wildman–Crippen MR) is 69.9 cm³/mol. The number of nitrogens with zero attached hydrogens (tertiary/aromatic N) is 4. The Kier molecular flexibility index (Phi) is 3.67. The summed E-state index contributed by atoms with van der Waals surface area (Å²) in [7, 11) is 0. The monoisotopic (exact) mass is 268 g/mol. The number of rotatable bonds is 4. The molecule has 20 heavy (non-hydrogen) atoms. The predicted octanol–water partition coefficient (Wildman–Crippen LogP) is 1.88. The first-order chi connectivity index (χ1) is 9.65. The third-order valence-corrected chi connectivity index (χ3v) is 3.10. The van der Waals surface area contributed by atoms with Crippen LogP contribution in [0, 0.1) is 22.7 Å². The summed E-state index contributed by atoms with van der Waals surface area (Å²) in [4.78, 5) is 12.0. The van der Waals surface area contributed by atoms with Gasteiger partial charge in [0, 0.05) is 12.7 Å². The third-order valence-electron chi connectivity index (χ3n) is 3.10. The van der Waals surface area contributed by atoms with Gasteiger partial charge in [0.15, 0.2) is 0 Å². The highest BCUT2D eigenvalue weighted by molar-refractivity contribution is 6.39. The van der Waals surface area contributed by atoms with Crippen LogP contribution in [0.4, 0.5) is 0 Å². The third kappa shape index (κ3) is 1.98. The molecule has 1 aromatic heterocycles. The lowest BCUT2D eigenvalue weighted by Crippen LogP contribution is -2.24. The summed E-state index contributed by atoms with van der Waals surface area (Å²) in [5, 5.41) is 31.6. The van der Waals surface area contributed by atoms with Crippen molar-refractivity contribution in [3.63, 3.8) is 0 Å². The highest BCUT2D eigenvalue weighted by Gasteiger charge is 2.39. The Bertz CT molecular complexity index is 694. The summed E-state index contributed by atoms with van der Waals surface area (Å²) >= 11 is 0. The Balaban J connectivity index is 2.45. The van der Waals surface area contributed by atoms with Gasteiger partial charge >= 0.3 is 0 Å². The number of aliphatic hydroxyl groups excluding tert-OH is 1. The molecule has 6 heteroatoms. The molecule has 0 saturated carbocycles. The standard InChI is InChI=1S/C14H12N4O2/c1-2-3-6-18-10(4-5-17-18)12-13(19)11(14(12)20)9(7-15)8-16/h4-5,19H,2-3,6H2,1H3. The SMILES string of the molecule is CCCCn1nccc1C1=C(O)C(=C(C#N)C#N)C1=O. The molecule has 0 aliphatic heterocycles. The quantitative estimate of drug-likeness (QED) is 0.663. The minimum Gasteiger partial charge on any atom is -0.506 e. The number of unbranched alkanes of at least 4 members (excludes halogenated alkanes) is 1. The van der Waals surface area contributed by atoms with Gasteiger partial charge in [-0.2, -0.15) is 15.6 Å². The molecule has 0 saturated heterocycles. The number of nitriles is 2. The number of aromatic nitrogens is 2. The molecule has 0 amide bonds. The van der Waals surface area contributed by atoms with Crippen LogP contribution in [0.15, 0.2) is 29.2 Å². The van der Waals surface area contributed by atoms with Crippen molar-refractivity contribution in [2.24, 2.45) is 0 Å². The van der Waals surface area contributed by atoms with Crippen LogP contribution in [0.5, 0.6) is 0 Å². The van der Waals surface area contributed by atoms with Crippen LogP contribution in [0.1, 0.15) is 25.5 Å². The molecule has 2 rings (SSSR count). The number of carbonyl (C=O) groups is 1. The molecule has 1 aromatic rings. The second kappa shape index (κ2) is 5.41. The average Bonchev–Trinajstić information content (AvgIpc) is 2.90. The molecule has 100 valence electrons. The number of allylic oxidation sites excluding steroid dienone is 3. The van der Waals surface area contributed by atoms with Gasteiger partial charge in [0.25, 0.3) is 0 Å². The second-order valence-corrected chi connectivity index (χ2v) is 4.32. The van der Waals surface area contributed by atoms with Crippen molar-refractivity contribution in [1.82, 2.24) is 9.78 Å². The van der Waals surface area contributed by atoms with Crippen LogP contribution < -0.4 is 0 Å². The smallest absolute Gasteiger partial charge is 0.204 e. The first-order valence-electron chi connectivity index (χ1n) is 6.20. The topological polar surface area (TPSA) is 103 Å². The number of carbonyl (C=O) groups excluding carboxylic acids is 1. The van der Waals surface area contributed by atoms with Crippen LogP contribution in [0.2, 0.25) is 0 Å². The molecule has 1 aliphatic rings. The van der Waals surface area contributed by atoms with Gasteiger partial charge in [-0.3, -0.25) is 9.48 Å². The van der Waals surface area contributed by atoms with Crippen molar-refractivity contribution in [2.45, 2.75) is 26.3 Å². The molecule has 0 atom stereocenters. The van der Waals surface area contributed by atoms with E-state index < -0.39 is 5.78 Å². The van der Waals surface area contributed by atoms with Gasteiger partial charge in [-0.15, -0.1) is 0 Å². The largest absolute Gasteiger partial charge is 0.506 e. The van der Waals surface area contributed by atoms with E-state index in [0.717, 1.165) is 12.8 Å². The van der Waals surface area contributed by atoms with E-state index in [1.807, 2.05) is 6.92 Å². The summed E-state index contributed by atoms with van der Waals surface area (Å²) in [5.74, 6) is -0.787. The van der Waals surface area contributed by atoms with E-state index in [9.17, 15) is 9.90 Å². The second-order valence-electron chi connectivity index (χ2n) is 4.32. The Morgan fingerprint density at radius 1 is 1.45 bits per heavy atom. The number of hydrogen-bond donors (Lipinski definition) is 1.